The zero-order valence-electron chi connectivity index (χ0n) is 14.6. The van der Waals surface area contributed by atoms with Crippen LogP contribution >= 0.6 is 0 Å². The monoisotopic (exact) mass is 348 g/mol. The van der Waals surface area contributed by atoms with E-state index in [9.17, 15) is 10.1 Å². The molecule has 26 heavy (non-hydrogen) atoms. The number of aromatic nitrogens is 3. The van der Waals surface area contributed by atoms with Crippen molar-refractivity contribution < 1.29 is 0 Å². The second-order valence-electron chi connectivity index (χ2n) is 6.69. The summed E-state index contributed by atoms with van der Waals surface area (Å²) in [4.78, 5) is 19.5. The minimum absolute atomic E-state index is 0.140. The Balaban J connectivity index is 1.90. The number of rotatable bonds is 3. The number of pyridine rings is 1. The maximum absolute atomic E-state index is 12.9. The van der Waals surface area contributed by atoms with Crippen molar-refractivity contribution in [1.82, 2.24) is 14.1 Å². The number of nitrogens with zero attached hydrogens (tertiary/aromatic N) is 5. The Morgan fingerprint density at radius 3 is 2.88 bits per heavy atom. The number of aryl methyl sites for hydroxylation is 1. The van der Waals surface area contributed by atoms with Gasteiger partial charge in [0.25, 0.3) is 0 Å². The fourth-order valence-electron chi connectivity index (χ4n) is 3.65. The van der Waals surface area contributed by atoms with Crippen LogP contribution in [-0.4, -0.2) is 33.2 Å². The molecular formula is C19H20N6O. The molecule has 2 N–H and O–H groups in total. The van der Waals surface area contributed by atoms with E-state index in [1.165, 1.54) is 0 Å². The lowest BCUT2D eigenvalue weighted by Crippen LogP contribution is -2.27. The third kappa shape index (κ3) is 2.55. The maximum Gasteiger partial charge on any atom is 0.330 e. The zero-order chi connectivity index (χ0) is 18.3. The Hall–Kier alpha value is -3.11. The molecule has 1 fully saturated rings. The second-order valence-corrected chi connectivity index (χ2v) is 6.69. The number of hydrogen-bond donors (Lipinski definition) is 1. The Kier molecular flexibility index (Phi) is 3.98. The highest BCUT2D eigenvalue weighted by atomic mass is 16.1. The minimum atomic E-state index is -0.142. The summed E-state index contributed by atoms with van der Waals surface area (Å²) in [6.07, 6.45) is 2.66. The molecule has 4 rings (SSSR count). The Labute approximate surface area is 150 Å². The summed E-state index contributed by atoms with van der Waals surface area (Å²) in [7, 11) is 1.73. The summed E-state index contributed by atoms with van der Waals surface area (Å²) in [6.45, 7) is 1.95. The van der Waals surface area contributed by atoms with Gasteiger partial charge in [0.1, 0.15) is 5.52 Å². The van der Waals surface area contributed by atoms with Gasteiger partial charge in [-0.05, 0) is 24.1 Å². The molecule has 0 spiro atoms. The van der Waals surface area contributed by atoms with E-state index in [1.54, 1.807) is 28.4 Å². The van der Waals surface area contributed by atoms with Crippen LogP contribution in [0.4, 0.5) is 5.69 Å². The minimum Gasteiger partial charge on any atom is -0.368 e. The molecule has 3 aromatic rings. The summed E-state index contributed by atoms with van der Waals surface area (Å²) in [5.74, 6) is 0. The average molecular weight is 348 g/mol. The first-order valence-electron chi connectivity index (χ1n) is 8.63. The predicted molar refractivity (Wildman–Crippen MR) is 100 cm³/mol. The molecule has 1 aromatic carbocycles. The molecule has 0 saturated carbocycles. The SMILES string of the molecule is Cn1c(=O)n(Cc2ccccc2C#N)c2c(N3CCC(N)C3)ccnc21. The predicted octanol–water partition coefficient (Wildman–Crippen LogP) is 1.19. The van der Waals surface area contributed by atoms with Crippen LogP contribution in [0, 0.1) is 11.3 Å². The first-order chi connectivity index (χ1) is 12.6. The van der Waals surface area contributed by atoms with E-state index in [0.29, 0.717) is 17.8 Å². The molecular weight excluding hydrogens is 328 g/mol. The van der Waals surface area contributed by atoms with E-state index < -0.39 is 0 Å². The van der Waals surface area contributed by atoms with Gasteiger partial charge in [-0.3, -0.25) is 9.13 Å². The number of nitrogens with two attached hydrogens (primary N) is 1. The first-order valence-corrected chi connectivity index (χ1v) is 8.63. The van der Waals surface area contributed by atoms with E-state index in [-0.39, 0.29) is 11.7 Å². The van der Waals surface area contributed by atoms with Gasteiger partial charge in [0.15, 0.2) is 5.65 Å². The van der Waals surface area contributed by atoms with Crippen molar-refractivity contribution >= 4 is 16.9 Å². The highest BCUT2D eigenvalue weighted by Crippen LogP contribution is 2.28. The van der Waals surface area contributed by atoms with E-state index in [0.717, 1.165) is 36.3 Å². The van der Waals surface area contributed by atoms with Gasteiger partial charge >= 0.3 is 5.69 Å². The average Bonchev–Trinajstić information content (AvgIpc) is 3.19. The van der Waals surface area contributed by atoms with Crippen molar-refractivity contribution in [3.05, 3.63) is 58.1 Å². The van der Waals surface area contributed by atoms with E-state index in [2.05, 4.69) is 16.0 Å². The molecule has 0 aliphatic carbocycles. The van der Waals surface area contributed by atoms with E-state index in [1.807, 2.05) is 24.3 Å². The van der Waals surface area contributed by atoms with Crippen molar-refractivity contribution in [2.24, 2.45) is 12.8 Å². The van der Waals surface area contributed by atoms with Crippen molar-refractivity contribution in [3.8, 4) is 6.07 Å². The van der Waals surface area contributed by atoms with Crippen LogP contribution < -0.4 is 16.3 Å². The van der Waals surface area contributed by atoms with Gasteiger partial charge in [-0.1, -0.05) is 18.2 Å². The molecule has 1 aliphatic rings. The quantitative estimate of drug-likeness (QED) is 0.767. The van der Waals surface area contributed by atoms with Crippen molar-refractivity contribution in [2.75, 3.05) is 18.0 Å². The van der Waals surface area contributed by atoms with Gasteiger partial charge in [0.2, 0.25) is 0 Å². The molecule has 1 saturated heterocycles. The largest absolute Gasteiger partial charge is 0.368 e. The zero-order valence-corrected chi connectivity index (χ0v) is 14.6. The maximum atomic E-state index is 12.9. The van der Waals surface area contributed by atoms with Gasteiger partial charge in [-0.15, -0.1) is 0 Å². The summed E-state index contributed by atoms with van der Waals surface area (Å²) in [5, 5.41) is 9.36. The summed E-state index contributed by atoms with van der Waals surface area (Å²) in [6, 6.07) is 11.6. The van der Waals surface area contributed by atoms with Gasteiger partial charge < -0.3 is 10.6 Å². The topological polar surface area (TPSA) is 92.9 Å². The van der Waals surface area contributed by atoms with Crippen LogP contribution in [0.5, 0.6) is 0 Å². The van der Waals surface area contributed by atoms with Crippen LogP contribution in [0.3, 0.4) is 0 Å². The molecule has 3 heterocycles. The number of benzene rings is 1. The van der Waals surface area contributed by atoms with Crippen LogP contribution in [0.1, 0.15) is 17.5 Å². The fourth-order valence-corrected chi connectivity index (χ4v) is 3.65. The van der Waals surface area contributed by atoms with Gasteiger partial charge in [-0.2, -0.15) is 5.26 Å². The molecule has 7 heteroatoms. The molecule has 1 atom stereocenters. The molecule has 7 nitrogen and oxygen atoms in total. The van der Waals surface area contributed by atoms with Crippen molar-refractivity contribution in [2.45, 2.75) is 19.0 Å². The smallest absolute Gasteiger partial charge is 0.330 e. The Bertz CT molecular complexity index is 1070. The van der Waals surface area contributed by atoms with Crippen molar-refractivity contribution in [3.63, 3.8) is 0 Å². The van der Waals surface area contributed by atoms with Gasteiger partial charge in [0.05, 0.1) is 23.9 Å². The summed E-state index contributed by atoms with van der Waals surface area (Å²) < 4.78 is 3.27. The number of imidazole rings is 1. The lowest BCUT2D eigenvalue weighted by molar-refractivity contribution is 0.732. The Morgan fingerprint density at radius 2 is 2.15 bits per heavy atom. The summed E-state index contributed by atoms with van der Waals surface area (Å²) in [5.41, 5.74) is 9.73. The molecule has 0 bridgehead atoms. The highest BCUT2D eigenvalue weighted by Gasteiger charge is 2.24. The lowest BCUT2D eigenvalue weighted by Gasteiger charge is -2.20. The van der Waals surface area contributed by atoms with Crippen LogP contribution in [0.25, 0.3) is 11.2 Å². The third-order valence-corrected chi connectivity index (χ3v) is 5.02. The van der Waals surface area contributed by atoms with Gasteiger partial charge in [0, 0.05) is 32.4 Å². The number of hydrogen-bond acceptors (Lipinski definition) is 5. The van der Waals surface area contributed by atoms with Gasteiger partial charge in [-0.25, -0.2) is 9.78 Å². The molecule has 2 aromatic heterocycles. The van der Waals surface area contributed by atoms with Crippen LogP contribution in [0.15, 0.2) is 41.3 Å². The standard InChI is InChI=1S/C19H20N6O/c1-23-18-17(16(6-8-22-18)24-9-7-15(21)12-24)25(19(23)26)11-14-5-3-2-4-13(14)10-20/h2-6,8,15H,7,9,11-12,21H2,1H3. The summed E-state index contributed by atoms with van der Waals surface area (Å²) >= 11 is 0. The van der Waals surface area contributed by atoms with E-state index in [4.69, 9.17) is 5.73 Å². The number of anilines is 1. The molecule has 0 radical (unpaired) electrons. The molecule has 0 amide bonds. The highest BCUT2D eigenvalue weighted by molar-refractivity contribution is 5.87. The molecule has 132 valence electrons. The van der Waals surface area contributed by atoms with E-state index >= 15 is 0 Å². The molecule has 1 unspecified atom stereocenters. The van der Waals surface area contributed by atoms with Crippen LogP contribution in [-0.2, 0) is 13.6 Å². The Morgan fingerprint density at radius 1 is 1.35 bits per heavy atom. The van der Waals surface area contributed by atoms with Crippen LogP contribution in [0.2, 0.25) is 0 Å². The second kappa shape index (κ2) is 6.32. The fraction of sp³-hybridized carbons (Fsp3) is 0.316. The first kappa shape index (κ1) is 16.4. The lowest BCUT2D eigenvalue weighted by atomic mass is 10.1. The third-order valence-electron chi connectivity index (χ3n) is 5.02. The normalized spacial score (nSPS) is 17.0. The molecule has 1 aliphatic heterocycles. The van der Waals surface area contributed by atoms with Crippen molar-refractivity contribution in [1.29, 1.82) is 5.26 Å². The number of nitriles is 1. The number of fused-ring (bicyclic) bond motifs is 1.